The quantitative estimate of drug-likeness (QED) is 0.922. The van der Waals surface area contributed by atoms with Crippen molar-refractivity contribution in [2.24, 2.45) is 0 Å². The number of nitrogens with one attached hydrogen (secondary N) is 1. The number of halogens is 1. The number of aromatic nitrogens is 1. The third kappa shape index (κ3) is 2.99. The van der Waals surface area contributed by atoms with E-state index < -0.39 is 0 Å². The van der Waals surface area contributed by atoms with Crippen LogP contribution in [0, 0.1) is 0 Å². The molecule has 1 aromatic rings. The molecule has 0 bridgehead atoms. The van der Waals surface area contributed by atoms with Crippen LogP contribution in [0.5, 0.6) is 0 Å². The van der Waals surface area contributed by atoms with Gasteiger partial charge in [-0.15, -0.1) is 11.8 Å². The molecule has 1 aliphatic carbocycles. The third-order valence-electron chi connectivity index (χ3n) is 2.91. The molecule has 1 fully saturated rings. The van der Waals surface area contributed by atoms with Crippen LogP contribution in [-0.4, -0.2) is 22.8 Å². The minimum absolute atomic E-state index is 0.656. The molecule has 4 heteroatoms. The van der Waals surface area contributed by atoms with Crippen molar-refractivity contribution in [1.29, 1.82) is 0 Å². The van der Waals surface area contributed by atoms with Gasteiger partial charge in [0.25, 0.3) is 0 Å². The molecule has 2 atom stereocenters. The fourth-order valence-electron chi connectivity index (χ4n) is 2.16. The summed E-state index contributed by atoms with van der Waals surface area (Å²) in [5, 5.41) is 5.37. The summed E-state index contributed by atoms with van der Waals surface area (Å²) in [6.45, 7) is 3.24. The van der Waals surface area contributed by atoms with Gasteiger partial charge in [0.1, 0.15) is 5.03 Å². The highest BCUT2D eigenvalue weighted by Crippen LogP contribution is 2.36. The summed E-state index contributed by atoms with van der Waals surface area (Å²) in [5.41, 5.74) is 0. The van der Waals surface area contributed by atoms with Crippen LogP contribution >= 0.6 is 27.7 Å². The van der Waals surface area contributed by atoms with Crippen LogP contribution in [0.15, 0.2) is 27.8 Å². The first-order chi connectivity index (χ1) is 7.81. The summed E-state index contributed by atoms with van der Waals surface area (Å²) in [6, 6.07) is 4.68. The third-order valence-corrected chi connectivity index (χ3v) is 5.22. The Hall–Kier alpha value is -0.0600. The van der Waals surface area contributed by atoms with Gasteiger partial charge < -0.3 is 5.32 Å². The maximum absolute atomic E-state index is 4.42. The topological polar surface area (TPSA) is 24.9 Å². The Labute approximate surface area is 110 Å². The molecule has 1 heterocycles. The fraction of sp³-hybridized carbons (Fsp3) is 0.583. The number of hydrogen-bond donors (Lipinski definition) is 1. The summed E-state index contributed by atoms with van der Waals surface area (Å²) >= 11 is 5.46. The van der Waals surface area contributed by atoms with Gasteiger partial charge in [-0.2, -0.15) is 0 Å². The normalized spacial score (nSPS) is 24.9. The lowest BCUT2D eigenvalue weighted by atomic mass is 10.2. The molecule has 0 saturated heterocycles. The summed E-state index contributed by atoms with van der Waals surface area (Å²) < 4.78 is 1.11. The molecule has 0 radical (unpaired) electrons. The SMILES string of the molecule is CCNC1CCCC1Sc1ncccc1Br. The first kappa shape index (κ1) is 12.4. The lowest BCUT2D eigenvalue weighted by Gasteiger charge is -2.19. The molecule has 0 aliphatic heterocycles. The molecule has 88 valence electrons. The number of pyridine rings is 1. The standard InChI is InChI=1S/C12H17BrN2S/c1-2-14-10-6-3-7-11(10)16-12-9(13)5-4-8-15-12/h4-5,8,10-11,14H,2-3,6-7H2,1H3. The molecule has 0 aromatic carbocycles. The van der Waals surface area contributed by atoms with Crippen LogP contribution in [0.3, 0.4) is 0 Å². The van der Waals surface area contributed by atoms with Crippen molar-refractivity contribution in [2.75, 3.05) is 6.54 Å². The minimum Gasteiger partial charge on any atom is -0.313 e. The highest BCUT2D eigenvalue weighted by atomic mass is 79.9. The smallest absolute Gasteiger partial charge is 0.110 e. The molecular weight excluding hydrogens is 284 g/mol. The van der Waals surface area contributed by atoms with Gasteiger partial charge in [-0.1, -0.05) is 13.3 Å². The minimum atomic E-state index is 0.656. The van der Waals surface area contributed by atoms with E-state index in [1.807, 2.05) is 24.0 Å². The van der Waals surface area contributed by atoms with E-state index in [-0.39, 0.29) is 0 Å². The zero-order chi connectivity index (χ0) is 11.4. The monoisotopic (exact) mass is 300 g/mol. The van der Waals surface area contributed by atoms with Crippen LogP contribution in [0.4, 0.5) is 0 Å². The highest BCUT2D eigenvalue weighted by Gasteiger charge is 2.28. The van der Waals surface area contributed by atoms with Gasteiger partial charge >= 0.3 is 0 Å². The molecule has 1 N–H and O–H groups in total. The van der Waals surface area contributed by atoms with Gasteiger partial charge in [-0.05, 0) is 47.4 Å². The van der Waals surface area contributed by atoms with Crippen molar-refractivity contribution in [2.45, 2.75) is 42.5 Å². The maximum atomic E-state index is 4.42. The maximum Gasteiger partial charge on any atom is 0.110 e. The van der Waals surface area contributed by atoms with Crippen molar-refractivity contribution in [3.05, 3.63) is 22.8 Å². The van der Waals surface area contributed by atoms with E-state index in [1.165, 1.54) is 19.3 Å². The first-order valence-corrected chi connectivity index (χ1v) is 7.49. The van der Waals surface area contributed by atoms with Crippen molar-refractivity contribution >= 4 is 27.7 Å². The Kier molecular flexibility index (Phi) is 4.67. The van der Waals surface area contributed by atoms with E-state index in [4.69, 9.17) is 0 Å². The largest absolute Gasteiger partial charge is 0.313 e. The molecular formula is C12H17BrN2S. The van der Waals surface area contributed by atoms with Crippen LogP contribution in [0.2, 0.25) is 0 Å². The number of rotatable bonds is 4. The van der Waals surface area contributed by atoms with Crippen LogP contribution in [-0.2, 0) is 0 Å². The highest BCUT2D eigenvalue weighted by molar-refractivity contribution is 9.10. The number of nitrogens with zero attached hydrogens (tertiary/aromatic N) is 1. The van der Waals surface area contributed by atoms with E-state index in [0.29, 0.717) is 11.3 Å². The van der Waals surface area contributed by atoms with Crippen LogP contribution < -0.4 is 5.32 Å². The van der Waals surface area contributed by atoms with E-state index >= 15 is 0 Å². The van der Waals surface area contributed by atoms with Crippen molar-refractivity contribution in [3.63, 3.8) is 0 Å². The van der Waals surface area contributed by atoms with Gasteiger partial charge in [0.2, 0.25) is 0 Å². The first-order valence-electron chi connectivity index (χ1n) is 5.82. The Morgan fingerprint density at radius 2 is 2.44 bits per heavy atom. The number of thioether (sulfide) groups is 1. The summed E-state index contributed by atoms with van der Waals surface area (Å²) in [7, 11) is 0. The second-order valence-electron chi connectivity index (χ2n) is 4.04. The average molecular weight is 301 g/mol. The summed E-state index contributed by atoms with van der Waals surface area (Å²) in [6.07, 6.45) is 5.80. The van der Waals surface area contributed by atoms with E-state index in [2.05, 4.69) is 39.2 Å². The Morgan fingerprint density at radius 1 is 1.56 bits per heavy atom. The summed E-state index contributed by atoms with van der Waals surface area (Å²) in [4.78, 5) is 4.42. The van der Waals surface area contributed by atoms with Gasteiger partial charge in [-0.25, -0.2) is 4.98 Å². The van der Waals surface area contributed by atoms with Crippen LogP contribution in [0.25, 0.3) is 0 Å². The molecule has 0 amide bonds. The second kappa shape index (κ2) is 6.03. The lowest BCUT2D eigenvalue weighted by Crippen LogP contribution is -2.33. The average Bonchev–Trinajstić information content (AvgIpc) is 2.70. The van der Waals surface area contributed by atoms with Crippen LogP contribution in [0.1, 0.15) is 26.2 Å². The molecule has 0 spiro atoms. The Morgan fingerprint density at radius 3 is 3.19 bits per heavy atom. The predicted molar refractivity (Wildman–Crippen MR) is 72.9 cm³/mol. The Bertz CT molecular complexity index is 346. The van der Waals surface area contributed by atoms with E-state index in [1.54, 1.807) is 0 Å². The zero-order valence-electron chi connectivity index (χ0n) is 9.45. The molecule has 2 rings (SSSR count). The van der Waals surface area contributed by atoms with Gasteiger partial charge in [-0.3, -0.25) is 0 Å². The van der Waals surface area contributed by atoms with Crippen molar-refractivity contribution in [3.8, 4) is 0 Å². The second-order valence-corrected chi connectivity index (χ2v) is 6.12. The van der Waals surface area contributed by atoms with E-state index in [0.717, 1.165) is 16.0 Å². The van der Waals surface area contributed by atoms with Gasteiger partial charge in [0, 0.05) is 22.0 Å². The molecule has 2 nitrogen and oxygen atoms in total. The van der Waals surface area contributed by atoms with Gasteiger partial charge in [0.05, 0.1) is 0 Å². The Balaban J connectivity index is 2.01. The molecule has 2 unspecified atom stereocenters. The van der Waals surface area contributed by atoms with Crippen molar-refractivity contribution < 1.29 is 0 Å². The number of hydrogen-bond acceptors (Lipinski definition) is 3. The van der Waals surface area contributed by atoms with Crippen molar-refractivity contribution in [1.82, 2.24) is 10.3 Å². The predicted octanol–water partition coefficient (Wildman–Crippen LogP) is 3.47. The molecule has 1 aromatic heterocycles. The lowest BCUT2D eigenvalue weighted by molar-refractivity contribution is 0.550. The molecule has 1 saturated carbocycles. The van der Waals surface area contributed by atoms with E-state index in [9.17, 15) is 0 Å². The van der Waals surface area contributed by atoms with Gasteiger partial charge in [0.15, 0.2) is 0 Å². The summed E-state index contributed by atoms with van der Waals surface area (Å²) in [5.74, 6) is 0. The fourth-order valence-corrected chi connectivity index (χ4v) is 3.97. The molecule has 1 aliphatic rings. The zero-order valence-corrected chi connectivity index (χ0v) is 11.9. The molecule has 16 heavy (non-hydrogen) atoms.